The highest BCUT2D eigenvalue weighted by molar-refractivity contribution is 6.05. The Morgan fingerprint density at radius 1 is 1.17 bits per heavy atom. The molecule has 9 heteroatoms. The number of rotatable bonds is 6. The Bertz CT molecular complexity index is 1120. The molecule has 9 nitrogen and oxygen atoms in total. The van der Waals surface area contributed by atoms with Gasteiger partial charge >= 0.3 is 5.97 Å². The second kappa shape index (κ2) is 8.01. The van der Waals surface area contributed by atoms with Crippen LogP contribution in [0.15, 0.2) is 42.5 Å². The van der Waals surface area contributed by atoms with Gasteiger partial charge in [0.15, 0.2) is 0 Å². The van der Waals surface area contributed by atoms with Gasteiger partial charge in [-0.25, -0.2) is 4.79 Å². The SMILES string of the molecule is CCOC(=O)c1cc2c(Nc3cccc(NC(C)=O)c3)ccc([N+](=O)[O-])c2n1C. The second-order valence-corrected chi connectivity index (χ2v) is 6.35. The third-order valence-corrected chi connectivity index (χ3v) is 4.32. The van der Waals surface area contributed by atoms with E-state index in [0.29, 0.717) is 28.0 Å². The van der Waals surface area contributed by atoms with Crippen molar-refractivity contribution in [3.8, 4) is 0 Å². The molecule has 0 saturated carbocycles. The van der Waals surface area contributed by atoms with Crippen LogP contribution in [0.3, 0.4) is 0 Å². The van der Waals surface area contributed by atoms with E-state index in [-0.39, 0.29) is 23.9 Å². The van der Waals surface area contributed by atoms with Gasteiger partial charge in [0.05, 0.1) is 11.5 Å². The van der Waals surface area contributed by atoms with Crippen molar-refractivity contribution in [1.29, 1.82) is 0 Å². The second-order valence-electron chi connectivity index (χ2n) is 6.35. The lowest BCUT2D eigenvalue weighted by Crippen LogP contribution is -2.09. The molecule has 1 amide bonds. The van der Waals surface area contributed by atoms with Gasteiger partial charge < -0.3 is 19.9 Å². The first-order valence-electron chi connectivity index (χ1n) is 8.90. The van der Waals surface area contributed by atoms with E-state index in [1.807, 2.05) is 0 Å². The molecular weight excluding hydrogens is 376 g/mol. The van der Waals surface area contributed by atoms with Crippen LogP contribution in [0.4, 0.5) is 22.7 Å². The van der Waals surface area contributed by atoms with E-state index in [4.69, 9.17) is 4.74 Å². The zero-order valence-electron chi connectivity index (χ0n) is 16.2. The fraction of sp³-hybridized carbons (Fsp3) is 0.200. The standard InChI is InChI=1S/C20H20N4O5/c1-4-29-20(26)18-11-15-16(8-9-17(24(27)28)19(15)23(18)3)22-14-7-5-6-13(10-14)21-12(2)25/h5-11,22H,4H2,1-3H3,(H,21,25). The zero-order valence-corrected chi connectivity index (χ0v) is 16.2. The highest BCUT2D eigenvalue weighted by Crippen LogP contribution is 2.35. The summed E-state index contributed by atoms with van der Waals surface area (Å²) in [5.41, 5.74) is 2.27. The van der Waals surface area contributed by atoms with Gasteiger partial charge in [-0.15, -0.1) is 0 Å². The average molecular weight is 396 g/mol. The van der Waals surface area contributed by atoms with E-state index in [1.165, 1.54) is 17.6 Å². The molecule has 0 aliphatic carbocycles. The molecule has 0 unspecified atom stereocenters. The predicted octanol–water partition coefficient (Wildman–Crippen LogP) is 3.97. The predicted molar refractivity (Wildman–Crippen MR) is 110 cm³/mol. The molecule has 2 N–H and O–H groups in total. The molecule has 0 spiro atoms. The molecule has 3 rings (SSSR count). The van der Waals surface area contributed by atoms with Gasteiger partial charge in [-0.1, -0.05) is 6.07 Å². The first-order chi connectivity index (χ1) is 13.8. The lowest BCUT2D eigenvalue weighted by molar-refractivity contribution is -0.383. The Morgan fingerprint density at radius 3 is 2.55 bits per heavy atom. The number of carbonyl (C=O) groups is 2. The van der Waals surface area contributed by atoms with Crippen LogP contribution in [-0.4, -0.2) is 28.0 Å². The zero-order chi connectivity index (χ0) is 21.1. The molecule has 0 saturated heterocycles. The largest absolute Gasteiger partial charge is 0.461 e. The molecule has 0 aliphatic rings. The Labute approximate surface area is 166 Å². The van der Waals surface area contributed by atoms with Crippen LogP contribution in [0.2, 0.25) is 0 Å². The lowest BCUT2D eigenvalue weighted by atomic mass is 10.1. The van der Waals surface area contributed by atoms with Crippen molar-refractivity contribution >= 4 is 45.5 Å². The van der Waals surface area contributed by atoms with Gasteiger partial charge in [0.25, 0.3) is 5.69 Å². The Hall–Kier alpha value is -3.88. The molecule has 2 aromatic carbocycles. The lowest BCUT2D eigenvalue weighted by Gasteiger charge is -2.10. The Kier molecular flexibility index (Phi) is 5.49. The number of hydrogen-bond donors (Lipinski definition) is 2. The van der Waals surface area contributed by atoms with Gasteiger partial charge in [0.1, 0.15) is 11.2 Å². The molecule has 150 valence electrons. The Morgan fingerprint density at radius 2 is 1.90 bits per heavy atom. The van der Waals surface area contributed by atoms with E-state index in [1.54, 1.807) is 50.4 Å². The number of hydrogen-bond acceptors (Lipinski definition) is 6. The summed E-state index contributed by atoms with van der Waals surface area (Å²) in [5.74, 6) is -0.749. The summed E-state index contributed by atoms with van der Waals surface area (Å²) >= 11 is 0. The number of aryl methyl sites for hydroxylation is 1. The van der Waals surface area contributed by atoms with Crippen molar-refractivity contribution in [1.82, 2.24) is 4.57 Å². The van der Waals surface area contributed by atoms with Crippen molar-refractivity contribution in [3.63, 3.8) is 0 Å². The molecule has 3 aromatic rings. The summed E-state index contributed by atoms with van der Waals surface area (Å²) in [4.78, 5) is 34.6. The number of amides is 1. The number of fused-ring (bicyclic) bond motifs is 1. The van der Waals surface area contributed by atoms with Crippen LogP contribution in [0.1, 0.15) is 24.3 Å². The number of esters is 1. The number of nitro benzene ring substituents is 1. The minimum absolute atomic E-state index is 0.115. The van der Waals surface area contributed by atoms with Gasteiger partial charge in [-0.3, -0.25) is 14.9 Å². The number of nitrogens with zero attached hydrogens (tertiary/aromatic N) is 2. The van der Waals surface area contributed by atoms with Crippen molar-refractivity contribution < 1.29 is 19.2 Å². The summed E-state index contributed by atoms with van der Waals surface area (Å²) in [6.07, 6.45) is 0. The molecule has 0 aliphatic heterocycles. The van der Waals surface area contributed by atoms with Gasteiger partial charge in [0.2, 0.25) is 5.91 Å². The van der Waals surface area contributed by atoms with Crippen molar-refractivity contribution in [2.45, 2.75) is 13.8 Å². The van der Waals surface area contributed by atoms with E-state index < -0.39 is 10.9 Å². The number of nitro groups is 1. The fourth-order valence-electron chi connectivity index (χ4n) is 3.14. The normalized spacial score (nSPS) is 10.6. The highest BCUT2D eigenvalue weighted by atomic mass is 16.6. The molecule has 29 heavy (non-hydrogen) atoms. The minimum Gasteiger partial charge on any atom is -0.461 e. The van der Waals surface area contributed by atoms with Crippen LogP contribution in [-0.2, 0) is 16.6 Å². The first-order valence-corrected chi connectivity index (χ1v) is 8.90. The molecule has 0 radical (unpaired) electrons. The smallest absolute Gasteiger partial charge is 0.354 e. The van der Waals surface area contributed by atoms with Gasteiger partial charge in [0, 0.05) is 42.5 Å². The van der Waals surface area contributed by atoms with Gasteiger partial charge in [-0.2, -0.15) is 0 Å². The van der Waals surface area contributed by atoms with E-state index in [0.717, 1.165) is 0 Å². The van der Waals surface area contributed by atoms with Crippen molar-refractivity contribution in [2.24, 2.45) is 7.05 Å². The summed E-state index contributed by atoms with van der Waals surface area (Å²) < 4.78 is 6.52. The molecule has 1 heterocycles. The number of ether oxygens (including phenoxy) is 1. The van der Waals surface area contributed by atoms with Crippen molar-refractivity contribution in [3.05, 3.63) is 58.3 Å². The monoisotopic (exact) mass is 396 g/mol. The molecule has 0 atom stereocenters. The average Bonchev–Trinajstić information content (AvgIpc) is 3.00. The van der Waals surface area contributed by atoms with E-state index >= 15 is 0 Å². The van der Waals surface area contributed by atoms with Crippen LogP contribution < -0.4 is 10.6 Å². The number of carbonyl (C=O) groups excluding carboxylic acids is 2. The van der Waals surface area contributed by atoms with Crippen molar-refractivity contribution in [2.75, 3.05) is 17.2 Å². The molecule has 0 bridgehead atoms. The highest BCUT2D eigenvalue weighted by Gasteiger charge is 2.23. The number of anilines is 3. The Balaban J connectivity index is 2.10. The summed E-state index contributed by atoms with van der Waals surface area (Å²) in [6.45, 7) is 3.31. The van der Waals surface area contributed by atoms with Crippen LogP contribution in [0.5, 0.6) is 0 Å². The van der Waals surface area contributed by atoms with E-state index in [2.05, 4.69) is 10.6 Å². The number of nitrogens with one attached hydrogen (secondary N) is 2. The first kappa shape index (κ1) is 19.9. The van der Waals surface area contributed by atoms with Crippen LogP contribution >= 0.6 is 0 Å². The van der Waals surface area contributed by atoms with Gasteiger partial charge in [-0.05, 0) is 37.3 Å². The maximum Gasteiger partial charge on any atom is 0.354 e. The van der Waals surface area contributed by atoms with Crippen LogP contribution in [0, 0.1) is 10.1 Å². The third kappa shape index (κ3) is 4.03. The number of non-ortho nitro benzene ring substituents is 1. The summed E-state index contributed by atoms with van der Waals surface area (Å²) in [5, 5.41) is 17.9. The van der Waals surface area contributed by atoms with Crippen LogP contribution in [0.25, 0.3) is 10.9 Å². The number of aromatic nitrogens is 1. The third-order valence-electron chi connectivity index (χ3n) is 4.32. The molecular formula is C20H20N4O5. The maximum absolute atomic E-state index is 12.3. The minimum atomic E-state index is -0.556. The van der Waals surface area contributed by atoms with E-state index in [9.17, 15) is 19.7 Å². The summed E-state index contributed by atoms with van der Waals surface area (Å²) in [6, 6.07) is 11.6. The maximum atomic E-state index is 12.3. The topological polar surface area (TPSA) is 116 Å². The fourth-order valence-corrected chi connectivity index (χ4v) is 3.14. The molecule has 1 aromatic heterocycles. The number of benzene rings is 2. The molecule has 0 fully saturated rings. The summed E-state index contributed by atoms with van der Waals surface area (Å²) in [7, 11) is 1.59. The quantitative estimate of drug-likeness (QED) is 0.370.